The van der Waals surface area contributed by atoms with Crippen LogP contribution < -0.4 is 0 Å². The lowest BCUT2D eigenvalue weighted by molar-refractivity contribution is 0.0975. The van der Waals surface area contributed by atoms with E-state index in [9.17, 15) is 4.79 Å². The number of nitrogens with zero attached hydrogens (tertiary/aromatic N) is 1. The Hall–Kier alpha value is -2.68. The summed E-state index contributed by atoms with van der Waals surface area (Å²) in [5.74, 6) is 0.524. The zero-order chi connectivity index (χ0) is 18.5. The molecule has 1 aromatic heterocycles. The van der Waals surface area contributed by atoms with Crippen LogP contribution in [0, 0.1) is 11.3 Å². The Morgan fingerprint density at radius 2 is 1.77 bits per heavy atom. The Morgan fingerprint density at radius 1 is 1.08 bits per heavy atom. The molecule has 0 aliphatic carbocycles. The molecule has 134 valence electrons. The molecule has 1 atom stereocenters. The number of para-hydroxylation sites is 1. The summed E-state index contributed by atoms with van der Waals surface area (Å²) in [6.07, 6.45) is 4.95. The summed E-state index contributed by atoms with van der Waals surface area (Å²) >= 11 is 0. The van der Waals surface area contributed by atoms with Gasteiger partial charge < -0.3 is 9.98 Å². The Bertz CT molecular complexity index is 908. The number of carbonyl (C=O) groups excluding carboxylic acids is 1. The molecule has 0 radical (unpaired) electrons. The second kappa shape index (κ2) is 8.13. The lowest BCUT2D eigenvalue weighted by Gasteiger charge is -2.16. The minimum Gasteiger partial charge on any atom is -0.350 e. The summed E-state index contributed by atoms with van der Waals surface area (Å²) in [6, 6.07) is 18.4. The second-order valence-electron chi connectivity index (χ2n) is 7.17. The molecule has 0 fully saturated rings. The fourth-order valence-corrected chi connectivity index (χ4v) is 3.69. The van der Waals surface area contributed by atoms with Gasteiger partial charge in [0.2, 0.25) is 0 Å². The number of Topliss-reactive ketones (excluding diaryl/α,β-unsaturated/α-hetero) is 1. The number of hydrogen-bond donors (Lipinski definition) is 1. The molecule has 26 heavy (non-hydrogen) atoms. The van der Waals surface area contributed by atoms with E-state index in [0.29, 0.717) is 18.1 Å². The van der Waals surface area contributed by atoms with Crippen LogP contribution in [0.5, 0.6) is 0 Å². The van der Waals surface area contributed by atoms with Crippen LogP contribution in [0.4, 0.5) is 0 Å². The maximum Gasteiger partial charge on any atom is 0.165 e. The SMILES string of the molecule is CC(=N)CC(CCC(=O)c1cn(C)c2ccccc12)Cc1ccccc1. The largest absolute Gasteiger partial charge is 0.350 e. The number of ketones is 1. The number of carbonyl (C=O) groups is 1. The van der Waals surface area contributed by atoms with Gasteiger partial charge in [0.1, 0.15) is 0 Å². The summed E-state index contributed by atoms with van der Waals surface area (Å²) in [7, 11) is 1.98. The molecule has 0 bridgehead atoms. The molecule has 3 nitrogen and oxygen atoms in total. The average Bonchev–Trinajstić information content (AvgIpc) is 2.97. The standard InChI is InChI=1S/C23H26N2O/c1-17(24)14-19(15-18-8-4-3-5-9-18)12-13-23(26)21-16-25(2)22-11-7-6-10-20(21)22/h3-11,16,19,24H,12-15H2,1-2H3. The molecule has 3 rings (SSSR count). The minimum atomic E-state index is 0.197. The van der Waals surface area contributed by atoms with Crippen molar-refractivity contribution < 1.29 is 4.79 Å². The number of aromatic nitrogens is 1. The maximum atomic E-state index is 12.8. The number of hydrogen-bond acceptors (Lipinski definition) is 2. The molecule has 0 amide bonds. The molecule has 0 aliphatic rings. The van der Waals surface area contributed by atoms with Crippen LogP contribution >= 0.6 is 0 Å². The molecule has 1 N–H and O–H groups in total. The van der Waals surface area contributed by atoms with Crippen LogP contribution in [0.2, 0.25) is 0 Å². The van der Waals surface area contributed by atoms with Gasteiger partial charge >= 0.3 is 0 Å². The molecule has 1 heterocycles. The molecule has 3 heteroatoms. The molecular weight excluding hydrogens is 320 g/mol. The predicted molar refractivity (Wildman–Crippen MR) is 108 cm³/mol. The monoisotopic (exact) mass is 346 g/mol. The third-order valence-electron chi connectivity index (χ3n) is 4.94. The summed E-state index contributed by atoms with van der Waals surface area (Å²) in [5, 5.41) is 8.89. The molecule has 3 aromatic rings. The van der Waals surface area contributed by atoms with Crippen molar-refractivity contribution in [2.24, 2.45) is 13.0 Å². The van der Waals surface area contributed by atoms with Crippen molar-refractivity contribution in [2.75, 3.05) is 0 Å². The molecule has 0 spiro atoms. The molecular formula is C23H26N2O. The summed E-state index contributed by atoms with van der Waals surface area (Å²) < 4.78 is 2.02. The van der Waals surface area contributed by atoms with E-state index < -0.39 is 0 Å². The third kappa shape index (κ3) is 4.29. The quantitative estimate of drug-likeness (QED) is 0.429. The van der Waals surface area contributed by atoms with Gasteiger partial charge in [-0.1, -0.05) is 48.5 Å². The molecule has 0 saturated heterocycles. The van der Waals surface area contributed by atoms with Gasteiger partial charge in [-0.3, -0.25) is 4.79 Å². The predicted octanol–water partition coefficient (Wildman–Crippen LogP) is 5.43. The van der Waals surface area contributed by atoms with E-state index in [-0.39, 0.29) is 5.78 Å². The first-order chi connectivity index (χ1) is 12.5. The Labute approximate surface area is 155 Å². The van der Waals surface area contributed by atoms with Crippen LogP contribution in [-0.2, 0) is 13.5 Å². The van der Waals surface area contributed by atoms with Gasteiger partial charge in [-0.25, -0.2) is 0 Å². The average molecular weight is 346 g/mol. The van der Waals surface area contributed by atoms with Gasteiger partial charge in [-0.05, 0) is 43.7 Å². The smallest absolute Gasteiger partial charge is 0.165 e. The van der Waals surface area contributed by atoms with Crippen molar-refractivity contribution in [1.82, 2.24) is 4.57 Å². The second-order valence-corrected chi connectivity index (χ2v) is 7.17. The van der Waals surface area contributed by atoms with E-state index in [1.165, 1.54) is 5.56 Å². The van der Waals surface area contributed by atoms with Gasteiger partial charge in [-0.2, -0.15) is 0 Å². The van der Waals surface area contributed by atoms with Crippen molar-refractivity contribution in [1.29, 1.82) is 5.41 Å². The fourth-order valence-electron chi connectivity index (χ4n) is 3.69. The first-order valence-electron chi connectivity index (χ1n) is 9.20. The van der Waals surface area contributed by atoms with Crippen molar-refractivity contribution in [3.05, 3.63) is 71.9 Å². The Balaban J connectivity index is 1.71. The van der Waals surface area contributed by atoms with Gasteiger partial charge in [0.05, 0.1) is 0 Å². The van der Waals surface area contributed by atoms with Crippen molar-refractivity contribution in [3.63, 3.8) is 0 Å². The topological polar surface area (TPSA) is 45.9 Å². The van der Waals surface area contributed by atoms with Crippen molar-refractivity contribution >= 4 is 22.4 Å². The summed E-state index contributed by atoms with van der Waals surface area (Å²) in [5.41, 5.74) is 3.86. The lowest BCUT2D eigenvalue weighted by atomic mass is 9.89. The van der Waals surface area contributed by atoms with E-state index in [0.717, 1.165) is 35.7 Å². The zero-order valence-electron chi connectivity index (χ0n) is 15.5. The van der Waals surface area contributed by atoms with E-state index in [4.69, 9.17) is 5.41 Å². The van der Waals surface area contributed by atoms with Crippen LogP contribution in [0.3, 0.4) is 0 Å². The van der Waals surface area contributed by atoms with E-state index in [1.54, 1.807) is 0 Å². The summed E-state index contributed by atoms with van der Waals surface area (Å²) in [4.78, 5) is 12.8. The third-order valence-corrected chi connectivity index (χ3v) is 4.94. The van der Waals surface area contributed by atoms with Gasteiger partial charge in [0, 0.05) is 41.8 Å². The highest BCUT2D eigenvalue weighted by Crippen LogP contribution is 2.24. The van der Waals surface area contributed by atoms with Crippen LogP contribution in [0.25, 0.3) is 10.9 Å². The molecule has 0 saturated carbocycles. The number of fused-ring (bicyclic) bond motifs is 1. The highest BCUT2D eigenvalue weighted by atomic mass is 16.1. The highest BCUT2D eigenvalue weighted by Gasteiger charge is 2.17. The van der Waals surface area contributed by atoms with E-state index >= 15 is 0 Å². The first-order valence-corrected chi connectivity index (χ1v) is 9.20. The van der Waals surface area contributed by atoms with Crippen LogP contribution in [-0.4, -0.2) is 16.1 Å². The van der Waals surface area contributed by atoms with Gasteiger partial charge in [0.15, 0.2) is 5.78 Å². The van der Waals surface area contributed by atoms with Crippen molar-refractivity contribution in [3.8, 4) is 0 Å². The van der Waals surface area contributed by atoms with E-state index in [1.807, 2.05) is 67.2 Å². The number of nitrogens with one attached hydrogen (secondary N) is 1. The number of aryl methyl sites for hydroxylation is 1. The molecule has 2 aromatic carbocycles. The normalized spacial score (nSPS) is 12.2. The zero-order valence-corrected chi connectivity index (χ0v) is 15.5. The van der Waals surface area contributed by atoms with Crippen molar-refractivity contribution in [2.45, 2.75) is 32.6 Å². The fraction of sp³-hybridized carbons (Fsp3) is 0.304. The van der Waals surface area contributed by atoms with Gasteiger partial charge in [0.25, 0.3) is 0 Å². The molecule has 1 unspecified atom stereocenters. The van der Waals surface area contributed by atoms with Crippen LogP contribution in [0.15, 0.2) is 60.8 Å². The van der Waals surface area contributed by atoms with Crippen LogP contribution in [0.1, 0.15) is 42.1 Å². The number of rotatable bonds is 8. The van der Waals surface area contributed by atoms with E-state index in [2.05, 4.69) is 12.1 Å². The Kier molecular flexibility index (Phi) is 5.67. The number of benzene rings is 2. The first kappa shape index (κ1) is 18.1. The highest BCUT2D eigenvalue weighted by molar-refractivity contribution is 6.08. The summed E-state index contributed by atoms with van der Waals surface area (Å²) in [6.45, 7) is 1.85. The maximum absolute atomic E-state index is 12.8. The Morgan fingerprint density at radius 3 is 2.50 bits per heavy atom. The lowest BCUT2D eigenvalue weighted by Crippen LogP contribution is -2.11. The minimum absolute atomic E-state index is 0.197. The molecule has 0 aliphatic heterocycles. The van der Waals surface area contributed by atoms with Gasteiger partial charge in [-0.15, -0.1) is 0 Å².